The molecule has 0 aliphatic rings. The van der Waals surface area contributed by atoms with E-state index < -0.39 is 0 Å². The molecule has 0 spiro atoms. The first kappa shape index (κ1) is 22.4. The molecule has 1 heterocycles. The van der Waals surface area contributed by atoms with Crippen LogP contribution in [-0.2, 0) is 0 Å². The molecule has 4 rings (SSSR count). The monoisotopic (exact) mass is 525 g/mol. The van der Waals surface area contributed by atoms with E-state index in [4.69, 9.17) is 21.9 Å². The summed E-state index contributed by atoms with van der Waals surface area (Å²) in [6, 6.07) is 17.7. The normalized spacial score (nSPS) is 10.8. The Hall–Kier alpha value is -2.81. The highest BCUT2D eigenvalue weighted by atomic mass is 79.9. The summed E-state index contributed by atoms with van der Waals surface area (Å²) < 4.78 is 7.34. The van der Waals surface area contributed by atoms with Crippen LogP contribution in [0.25, 0.3) is 20.8 Å². The summed E-state index contributed by atoms with van der Waals surface area (Å²) in [6.45, 7) is 3.86. The summed E-state index contributed by atoms with van der Waals surface area (Å²) in [5.41, 5.74) is 5.03. The highest BCUT2D eigenvalue weighted by molar-refractivity contribution is 9.10. The van der Waals surface area contributed by atoms with Crippen molar-refractivity contribution >= 4 is 66.4 Å². The Morgan fingerprint density at radius 2 is 1.88 bits per heavy atom. The SMILES string of the molecule is COc1c(C)cc(Br)cc1C(=O)NC(=S)Nc1cc(-c2nc3ccccc3s2)ccc1C. The standard InChI is InChI=1S/C24H20BrN3O2S2/c1-13-8-9-15(23-26-18-6-4-5-7-20(18)32-23)11-19(13)27-24(31)28-22(29)17-12-16(25)10-14(2)21(17)30-3/h4-12H,1-3H3,(H2,27,28,29,31). The fraction of sp³-hybridized carbons (Fsp3) is 0.125. The summed E-state index contributed by atoms with van der Waals surface area (Å²) in [4.78, 5) is 17.6. The minimum Gasteiger partial charge on any atom is -0.496 e. The number of thiocarbonyl (C=S) groups is 1. The Morgan fingerprint density at radius 3 is 2.62 bits per heavy atom. The second kappa shape index (κ2) is 9.36. The molecule has 0 bridgehead atoms. The number of benzene rings is 3. The van der Waals surface area contributed by atoms with E-state index >= 15 is 0 Å². The number of anilines is 1. The molecule has 0 atom stereocenters. The number of nitrogens with zero attached hydrogens (tertiary/aromatic N) is 1. The number of carbonyl (C=O) groups excluding carboxylic acids is 1. The van der Waals surface area contributed by atoms with E-state index in [1.807, 2.05) is 56.3 Å². The van der Waals surface area contributed by atoms with Crippen LogP contribution in [-0.4, -0.2) is 23.1 Å². The lowest BCUT2D eigenvalue weighted by Gasteiger charge is -2.15. The lowest BCUT2D eigenvalue weighted by Crippen LogP contribution is -2.34. The molecule has 8 heteroatoms. The fourth-order valence-electron chi connectivity index (χ4n) is 3.38. The predicted molar refractivity (Wildman–Crippen MR) is 139 cm³/mol. The van der Waals surface area contributed by atoms with Gasteiger partial charge in [0, 0.05) is 15.7 Å². The average molecular weight is 526 g/mol. The lowest BCUT2D eigenvalue weighted by atomic mass is 10.1. The second-order valence-electron chi connectivity index (χ2n) is 7.23. The summed E-state index contributed by atoms with van der Waals surface area (Å²) in [5, 5.41) is 7.03. The van der Waals surface area contributed by atoms with Crippen molar-refractivity contribution in [3.63, 3.8) is 0 Å². The van der Waals surface area contributed by atoms with Crippen LogP contribution in [0.15, 0.2) is 59.1 Å². The van der Waals surface area contributed by atoms with E-state index in [9.17, 15) is 4.79 Å². The first-order valence-corrected chi connectivity index (χ1v) is 11.8. The number of ether oxygens (including phenoxy) is 1. The number of nitrogens with one attached hydrogen (secondary N) is 2. The average Bonchev–Trinajstić information content (AvgIpc) is 3.19. The Morgan fingerprint density at radius 1 is 1.09 bits per heavy atom. The number of thiazole rings is 1. The van der Waals surface area contributed by atoms with E-state index in [-0.39, 0.29) is 11.0 Å². The molecule has 0 fully saturated rings. The van der Waals surface area contributed by atoms with E-state index in [0.29, 0.717) is 11.3 Å². The fourth-order valence-corrected chi connectivity index (χ4v) is 5.12. The summed E-state index contributed by atoms with van der Waals surface area (Å²) in [5.74, 6) is 0.172. The molecule has 1 aromatic heterocycles. The summed E-state index contributed by atoms with van der Waals surface area (Å²) >= 11 is 10.5. The largest absolute Gasteiger partial charge is 0.496 e. The molecule has 5 nitrogen and oxygen atoms in total. The van der Waals surface area contributed by atoms with Crippen LogP contribution in [0, 0.1) is 13.8 Å². The van der Waals surface area contributed by atoms with Crippen molar-refractivity contribution in [1.82, 2.24) is 10.3 Å². The molecular formula is C24H20BrN3O2S2. The van der Waals surface area contributed by atoms with Gasteiger partial charge in [0.2, 0.25) is 0 Å². The Kier molecular flexibility index (Phi) is 6.55. The van der Waals surface area contributed by atoms with Crippen molar-refractivity contribution in [3.8, 4) is 16.3 Å². The number of hydrogen-bond donors (Lipinski definition) is 2. The molecule has 162 valence electrons. The molecule has 4 aromatic rings. The molecule has 1 amide bonds. The molecule has 0 aliphatic carbocycles. The van der Waals surface area contributed by atoms with Crippen molar-refractivity contribution in [2.24, 2.45) is 0 Å². The first-order chi connectivity index (χ1) is 15.4. The van der Waals surface area contributed by atoms with Crippen LogP contribution < -0.4 is 15.4 Å². The van der Waals surface area contributed by atoms with Crippen molar-refractivity contribution in [2.75, 3.05) is 12.4 Å². The van der Waals surface area contributed by atoms with Gasteiger partial charge < -0.3 is 10.1 Å². The maximum atomic E-state index is 12.9. The second-order valence-corrected chi connectivity index (χ2v) is 9.58. The number of aryl methyl sites for hydroxylation is 2. The van der Waals surface area contributed by atoms with Crippen LogP contribution in [0.2, 0.25) is 0 Å². The number of hydrogen-bond acceptors (Lipinski definition) is 5. The van der Waals surface area contributed by atoms with Gasteiger partial charge in [-0.3, -0.25) is 10.1 Å². The maximum absolute atomic E-state index is 12.9. The van der Waals surface area contributed by atoms with Crippen LogP contribution in [0.5, 0.6) is 5.75 Å². The van der Waals surface area contributed by atoms with Crippen molar-refractivity contribution < 1.29 is 9.53 Å². The summed E-state index contributed by atoms with van der Waals surface area (Å²) in [7, 11) is 1.54. The third-order valence-corrected chi connectivity index (χ3v) is 6.69. The molecule has 3 aromatic carbocycles. The van der Waals surface area contributed by atoms with Crippen molar-refractivity contribution in [3.05, 3.63) is 75.8 Å². The topological polar surface area (TPSA) is 63.2 Å². The minimum atomic E-state index is -0.344. The Bertz CT molecular complexity index is 1320. The molecule has 0 unspecified atom stereocenters. The van der Waals surface area contributed by atoms with E-state index in [0.717, 1.165) is 42.1 Å². The predicted octanol–water partition coefficient (Wildman–Crippen LogP) is 6.48. The number of carbonyl (C=O) groups is 1. The number of methoxy groups -OCH3 is 1. The Balaban J connectivity index is 1.55. The highest BCUT2D eigenvalue weighted by Crippen LogP contribution is 2.32. The first-order valence-electron chi connectivity index (χ1n) is 9.79. The molecule has 0 saturated heterocycles. The molecule has 0 saturated carbocycles. The number of fused-ring (bicyclic) bond motifs is 1. The minimum absolute atomic E-state index is 0.208. The zero-order valence-electron chi connectivity index (χ0n) is 17.7. The van der Waals surface area contributed by atoms with E-state index in [1.165, 1.54) is 0 Å². The van der Waals surface area contributed by atoms with Gasteiger partial charge in [0.15, 0.2) is 5.11 Å². The van der Waals surface area contributed by atoms with Gasteiger partial charge in [0.1, 0.15) is 10.8 Å². The van der Waals surface area contributed by atoms with Crippen LogP contribution >= 0.6 is 39.5 Å². The quantitative estimate of drug-likeness (QED) is 0.298. The van der Waals surface area contributed by atoms with Gasteiger partial charge in [-0.05, 0) is 67.5 Å². The van der Waals surface area contributed by atoms with Gasteiger partial charge in [-0.2, -0.15) is 0 Å². The van der Waals surface area contributed by atoms with Gasteiger partial charge in [-0.15, -0.1) is 11.3 Å². The molecule has 0 aliphatic heterocycles. The highest BCUT2D eigenvalue weighted by Gasteiger charge is 2.17. The zero-order chi connectivity index (χ0) is 22.8. The number of amides is 1. The van der Waals surface area contributed by atoms with E-state index in [2.05, 4.69) is 32.6 Å². The number of rotatable bonds is 4. The van der Waals surface area contributed by atoms with Gasteiger partial charge in [-0.1, -0.05) is 40.2 Å². The molecule has 2 N–H and O–H groups in total. The Labute approximate surface area is 204 Å². The molecule has 32 heavy (non-hydrogen) atoms. The van der Waals surface area contributed by atoms with Gasteiger partial charge in [-0.25, -0.2) is 4.98 Å². The number of aromatic nitrogens is 1. The number of para-hydroxylation sites is 1. The van der Waals surface area contributed by atoms with Crippen molar-refractivity contribution in [2.45, 2.75) is 13.8 Å². The third kappa shape index (κ3) is 4.67. The van der Waals surface area contributed by atoms with Crippen LogP contribution in [0.4, 0.5) is 5.69 Å². The smallest absolute Gasteiger partial charge is 0.261 e. The molecular weight excluding hydrogens is 506 g/mol. The van der Waals surface area contributed by atoms with E-state index in [1.54, 1.807) is 24.5 Å². The third-order valence-electron chi connectivity index (χ3n) is 4.94. The van der Waals surface area contributed by atoms with Crippen molar-refractivity contribution in [1.29, 1.82) is 0 Å². The number of halogens is 1. The lowest BCUT2D eigenvalue weighted by molar-refractivity contribution is 0.0974. The maximum Gasteiger partial charge on any atom is 0.261 e. The summed E-state index contributed by atoms with van der Waals surface area (Å²) in [6.07, 6.45) is 0. The zero-order valence-corrected chi connectivity index (χ0v) is 20.9. The molecule has 0 radical (unpaired) electrons. The van der Waals surface area contributed by atoms with Gasteiger partial charge in [0.05, 0.1) is 22.9 Å². The van der Waals surface area contributed by atoms with Gasteiger partial charge >= 0.3 is 0 Å². The van der Waals surface area contributed by atoms with Gasteiger partial charge in [0.25, 0.3) is 5.91 Å². The van der Waals surface area contributed by atoms with Crippen LogP contribution in [0.3, 0.4) is 0 Å². The van der Waals surface area contributed by atoms with Crippen LogP contribution in [0.1, 0.15) is 21.5 Å².